The van der Waals surface area contributed by atoms with Gasteiger partial charge in [-0.1, -0.05) is 26.7 Å². The fourth-order valence-corrected chi connectivity index (χ4v) is 2.05. The maximum Gasteiger partial charge on any atom is 0.137 e. The van der Waals surface area contributed by atoms with E-state index >= 15 is 0 Å². The summed E-state index contributed by atoms with van der Waals surface area (Å²) in [5, 5.41) is 0. The zero-order chi connectivity index (χ0) is 11.0. The van der Waals surface area contributed by atoms with Crippen LogP contribution in [0.5, 0.6) is 0 Å². The fourth-order valence-electron chi connectivity index (χ4n) is 2.05. The van der Waals surface area contributed by atoms with E-state index in [-0.39, 0.29) is 12.5 Å². The van der Waals surface area contributed by atoms with Crippen LogP contribution in [0.3, 0.4) is 0 Å². The molecule has 3 heteroatoms. The van der Waals surface area contributed by atoms with Gasteiger partial charge in [0.25, 0.3) is 0 Å². The molecule has 86 valence electrons. The van der Waals surface area contributed by atoms with E-state index in [1.54, 1.807) is 7.11 Å². The Morgan fingerprint density at radius 2 is 1.93 bits per heavy atom. The van der Waals surface area contributed by atoms with Gasteiger partial charge in [-0.25, -0.2) is 4.39 Å². The van der Waals surface area contributed by atoms with Crippen molar-refractivity contribution in [2.45, 2.75) is 45.2 Å². The highest BCUT2D eigenvalue weighted by Crippen LogP contribution is 2.32. The van der Waals surface area contributed by atoms with Crippen molar-refractivity contribution in [3.63, 3.8) is 0 Å². The second kappa shape index (κ2) is 7.18. The van der Waals surface area contributed by atoms with E-state index in [0.717, 1.165) is 19.3 Å². The van der Waals surface area contributed by atoms with Crippen molar-refractivity contribution < 1.29 is 9.13 Å². The molecule has 0 aromatic rings. The number of ether oxygens (including phenoxy) is 1. The summed E-state index contributed by atoms with van der Waals surface area (Å²) in [5.74, 6) is 0.0917. The molecule has 2 nitrogen and oxygen atoms in total. The fraction of sp³-hybridized carbons (Fsp3) is 1.00. The number of rotatable bonds is 8. The van der Waals surface area contributed by atoms with Gasteiger partial charge in [0.15, 0.2) is 0 Å². The quantitative estimate of drug-likeness (QED) is 0.661. The molecule has 0 rings (SSSR count). The van der Waals surface area contributed by atoms with E-state index in [9.17, 15) is 4.39 Å². The van der Waals surface area contributed by atoms with E-state index in [4.69, 9.17) is 10.5 Å². The van der Waals surface area contributed by atoms with Gasteiger partial charge in [-0.3, -0.25) is 0 Å². The van der Waals surface area contributed by atoms with Gasteiger partial charge in [-0.2, -0.15) is 0 Å². The van der Waals surface area contributed by atoms with Crippen LogP contribution in [0, 0.1) is 5.92 Å². The third-order valence-corrected chi connectivity index (χ3v) is 2.90. The Labute approximate surface area is 87.0 Å². The molecule has 0 aliphatic heterocycles. The Kier molecular flexibility index (Phi) is 7.11. The zero-order valence-electron chi connectivity index (χ0n) is 9.68. The van der Waals surface area contributed by atoms with Crippen LogP contribution in [0.15, 0.2) is 0 Å². The van der Waals surface area contributed by atoms with Crippen LogP contribution in [0.2, 0.25) is 0 Å². The van der Waals surface area contributed by atoms with Crippen molar-refractivity contribution in [1.82, 2.24) is 0 Å². The van der Waals surface area contributed by atoms with Gasteiger partial charge in [0.1, 0.15) is 5.67 Å². The Balaban J connectivity index is 4.33. The molecule has 0 amide bonds. The Bertz CT molecular complexity index is 139. The van der Waals surface area contributed by atoms with Gasteiger partial charge < -0.3 is 10.5 Å². The predicted molar refractivity (Wildman–Crippen MR) is 58.1 cm³/mol. The molecule has 2 N–H and O–H groups in total. The summed E-state index contributed by atoms with van der Waals surface area (Å²) in [4.78, 5) is 0. The molecule has 0 fully saturated rings. The second-order valence-corrected chi connectivity index (χ2v) is 3.87. The van der Waals surface area contributed by atoms with Crippen LogP contribution in [0.25, 0.3) is 0 Å². The summed E-state index contributed by atoms with van der Waals surface area (Å²) in [6.45, 7) is 4.80. The van der Waals surface area contributed by atoms with Crippen molar-refractivity contribution in [3.05, 3.63) is 0 Å². The minimum absolute atomic E-state index is 0.0917. The lowest BCUT2D eigenvalue weighted by molar-refractivity contribution is -0.0154. The molecule has 0 aliphatic rings. The Morgan fingerprint density at radius 1 is 1.36 bits per heavy atom. The molecule has 0 radical (unpaired) electrons. The van der Waals surface area contributed by atoms with Gasteiger partial charge in [0.05, 0.1) is 6.61 Å². The highest BCUT2D eigenvalue weighted by Gasteiger charge is 2.36. The molecule has 0 heterocycles. The van der Waals surface area contributed by atoms with E-state index in [1.807, 2.05) is 13.8 Å². The molecule has 0 aromatic carbocycles. The maximum absolute atomic E-state index is 14.5. The SMILES string of the molecule is CCC(CC)C(F)(CCCN)COC. The third-order valence-electron chi connectivity index (χ3n) is 2.90. The molecule has 0 bridgehead atoms. The molecule has 1 atom stereocenters. The van der Waals surface area contributed by atoms with Crippen molar-refractivity contribution in [2.75, 3.05) is 20.3 Å². The Morgan fingerprint density at radius 3 is 2.29 bits per heavy atom. The van der Waals surface area contributed by atoms with Crippen LogP contribution in [-0.2, 0) is 4.74 Å². The molecule has 0 aliphatic carbocycles. The summed E-state index contributed by atoms with van der Waals surface area (Å²) >= 11 is 0. The topological polar surface area (TPSA) is 35.2 Å². The molecule has 0 saturated heterocycles. The zero-order valence-corrected chi connectivity index (χ0v) is 9.68. The summed E-state index contributed by atoms with van der Waals surface area (Å²) in [7, 11) is 1.55. The van der Waals surface area contributed by atoms with Gasteiger partial charge in [0.2, 0.25) is 0 Å². The molecule has 0 spiro atoms. The number of alkyl halides is 1. The predicted octanol–water partition coefficient (Wildman–Crippen LogP) is 2.52. The molecule has 14 heavy (non-hydrogen) atoms. The smallest absolute Gasteiger partial charge is 0.137 e. The van der Waals surface area contributed by atoms with Crippen LogP contribution in [-0.4, -0.2) is 25.9 Å². The summed E-state index contributed by atoms with van der Waals surface area (Å²) in [6.07, 6.45) is 2.97. The number of halogens is 1. The molecular weight excluding hydrogens is 181 g/mol. The molecular formula is C11H24FNO. The highest BCUT2D eigenvalue weighted by molar-refractivity contribution is 4.85. The van der Waals surface area contributed by atoms with E-state index in [2.05, 4.69) is 0 Å². The van der Waals surface area contributed by atoms with Crippen LogP contribution < -0.4 is 5.73 Å². The van der Waals surface area contributed by atoms with Crippen molar-refractivity contribution in [2.24, 2.45) is 11.7 Å². The van der Waals surface area contributed by atoms with Crippen molar-refractivity contribution in [3.8, 4) is 0 Å². The molecule has 1 unspecified atom stereocenters. The van der Waals surface area contributed by atoms with E-state index < -0.39 is 5.67 Å². The summed E-state index contributed by atoms with van der Waals surface area (Å²) in [5.41, 5.74) is 4.22. The lowest BCUT2D eigenvalue weighted by Gasteiger charge is -2.32. The lowest BCUT2D eigenvalue weighted by Crippen LogP contribution is -2.38. The van der Waals surface area contributed by atoms with Gasteiger partial charge in [0, 0.05) is 7.11 Å². The Hall–Kier alpha value is -0.150. The minimum atomic E-state index is -1.18. The second-order valence-electron chi connectivity index (χ2n) is 3.87. The highest BCUT2D eigenvalue weighted by atomic mass is 19.1. The average Bonchev–Trinajstić information content (AvgIpc) is 2.17. The number of nitrogens with two attached hydrogens (primary N) is 1. The van der Waals surface area contributed by atoms with E-state index in [1.165, 1.54) is 0 Å². The van der Waals surface area contributed by atoms with Crippen molar-refractivity contribution in [1.29, 1.82) is 0 Å². The first kappa shape index (κ1) is 13.8. The summed E-state index contributed by atoms with van der Waals surface area (Å²) < 4.78 is 19.4. The van der Waals surface area contributed by atoms with Crippen molar-refractivity contribution >= 4 is 0 Å². The third kappa shape index (κ3) is 3.93. The number of hydrogen-bond acceptors (Lipinski definition) is 2. The van der Waals surface area contributed by atoms with Gasteiger partial charge >= 0.3 is 0 Å². The number of methoxy groups -OCH3 is 1. The summed E-state index contributed by atoms with van der Waals surface area (Å²) in [6, 6.07) is 0. The van der Waals surface area contributed by atoms with Gasteiger partial charge in [-0.15, -0.1) is 0 Å². The minimum Gasteiger partial charge on any atom is -0.381 e. The average molecular weight is 205 g/mol. The van der Waals surface area contributed by atoms with Gasteiger partial charge in [-0.05, 0) is 25.3 Å². The first-order chi connectivity index (χ1) is 6.64. The van der Waals surface area contributed by atoms with Crippen LogP contribution in [0.4, 0.5) is 4.39 Å². The molecule has 0 aromatic heterocycles. The van der Waals surface area contributed by atoms with E-state index in [0.29, 0.717) is 13.0 Å². The monoisotopic (exact) mass is 205 g/mol. The lowest BCUT2D eigenvalue weighted by atomic mass is 9.82. The van der Waals surface area contributed by atoms with Crippen LogP contribution >= 0.6 is 0 Å². The largest absolute Gasteiger partial charge is 0.381 e. The van der Waals surface area contributed by atoms with Crippen LogP contribution in [0.1, 0.15) is 39.5 Å². The molecule has 0 saturated carbocycles. The number of hydrogen-bond donors (Lipinski definition) is 1. The standard InChI is InChI=1S/C11H24FNO/c1-4-10(5-2)11(12,9-14-3)7-6-8-13/h10H,4-9,13H2,1-3H3. The normalized spacial score (nSPS) is 15.9. The first-order valence-corrected chi connectivity index (χ1v) is 5.52. The first-order valence-electron chi connectivity index (χ1n) is 5.52. The maximum atomic E-state index is 14.5.